The monoisotopic (exact) mass is 180 g/mol. The number of fused-ring (bicyclic) bond motifs is 2. The molecule has 0 aromatic rings. The van der Waals surface area contributed by atoms with Crippen LogP contribution in [0.5, 0.6) is 0 Å². The fourth-order valence-electron chi connectivity index (χ4n) is 4.07. The summed E-state index contributed by atoms with van der Waals surface area (Å²) in [5.41, 5.74) is 1.70. The Kier molecular flexibility index (Phi) is 1.58. The van der Waals surface area contributed by atoms with Crippen molar-refractivity contribution in [3.8, 4) is 0 Å². The molecule has 3 aliphatic carbocycles. The van der Waals surface area contributed by atoms with Crippen LogP contribution in [0.2, 0.25) is 0 Å². The largest absolute Gasteiger partial charge is 0.0620 e. The smallest absolute Gasteiger partial charge is 0.0215 e. The summed E-state index contributed by atoms with van der Waals surface area (Å²) >= 11 is 0. The quantitative estimate of drug-likeness (QED) is 0.526. The van der Waals surface area contributed by atoms with Gasteiger partial charge in [-0.15, -0.1) is 0 Å². The maximum Gasteiger partial charge on any atom is -0.0215 e. The van der Waals surface area contributed by atoms with Crippen LogP contribution in [0.25, 0.3) is 0 Å². The summed E-state index contributed by atoms with van der Waals surface area (Å²) in [5.74, 6) is 1.91. The molecule has 0 heteroatoms. The first kappa shape index (κ1) is 9.55. The average Bonchev–Trinajstić information content (AvgIpc) is 2.00. The van der Waals surface area contributed by atoms with Crippen LogP contribution in [0, 0.1) is 28.1 Å². The van der Waals surface area contributed by atoms with Gasteiger partial charge in [0.05, 0.1) is 0 Å². The molecule has 0 saturated heterocycles. The van der Waals surface area contributed by atoms with Crippen molar-refractivity contribution in [3.05, 3.63) is 0 Å². The molecular formula is C13H24. The van der Waals surface area contributed by atoms with Gasteiger partial charge in [0, 0.05) is 0 Å². The maximum absolute atomic E-state index is 2.51. The van der Waals surface area contributed by atoms with Gasteiger partial charge < -0.3 is 0 Å². The van der Waals surface area contributed by atoms with E-state index in [0.717, 1.165) is 11.8 Å². The molecule has 3 unspecified atom stereocenters. The fraction of sp³-hybridized carbons (Fsp3) is 1.00. The standard InChI is InChI=1S/C13H24/c1-9-7-10-8-13(6,11(9,2)3)12(10,4)5/h9-10H,7-8H2,1-6H3. The lowest BCUT2D eigenvalue weighted by atomic mass is 9.31. The first-order valence-electron chi connectivity index (χ1n) is 5.73. The Balaban J connectivity index is 2.40. The van der Waals surface area contributed by atoms with Gasteiger partial charge in [0.2, 0.25) is 0 Å². The van der Waals surface area contributed by atoms with Crippen molar-refractivity contribution in [2.24, 2.45) is 28.1 Å². The highest BCUT2D eigenvalue weighted by Gasteiger charge is 2.67. The summed E-state index contributed by atoms with van der Waals surface area (Å²) in [5, 5.41) is 0. The van der Waals surface area contributed by atoms with Gasteiger partial charge >= 0.3 is 0 Å². The molecule has 0 aromatic heterocycles. The molecule has 2 bridgehead atoms. The second-order valence-corrected chi connectivity index (χ2v) is 6.81. The van der Waals surface area contributed by atoms with Crippen LogP contribution in [0.3, 0.4) is 0 Å². The first-order chi connectivity index (χ1) is 5.73. The van der Waals surface area contributed by atoms with Gasteiger partial charge in [0.15, 0.2) is 0 Å². The van der Waals surface area contributed by atoms with E-state index in [-0.39, 0.29) is 0 Å². The summed E-state index contributed by atoms with van der Waals surface area (Å²) in [6.07, 6.45) is 2.92. The predicted octanol–water partition coefficient (Wildman–Crippen LogP) is 4.10. The lowest BCUT2D eigenvalue weighted by Crippen LogP contribution is -2.66. The van der Waals surface area contributed by atoms with Crippen LogP contribution < -0.4 is 0 Å². The molecule has 0 aliphatic heterocycles. The lowest BCUT2D eigenvalue weighted by Gasteiger charge is -2.73. The summed E-state index contributed by atoms with van der Waals surface area (Å²) in [4.78, 5) is 0. The van der Waals surface area contributed by atoms with Gasteiger partial charge in [0.1, 0.15) is 0 Å². The number of rotatable bonds is 0. The number of hydrogen-bond donors (Lipinski definition) is 0. The molecule has 0 aromatic carbocycles. The molecule has 3 saturated carbocycles. The van der Waals surface area contributed by atoms with Crippen LogP contribution in [0.1, 0.15) is 54.4 Å². The van der Waals surface area contributed by atoms with Crippen molar-refractivity contribution in [2.45, 2.75) is 54.4 Å². The van der Waals surface area contributed by atoms with Crippen molar-refractivity contribution in [3.63, 3.8) is 0 Å². The fourth-order valence-corrected chi connectivity index (χ4v) is 4.07. The Morgan fingerprint density at radius 2 is 1.46 bits per heavy atom. The Hall–Kier alpha value is 0. The van der Waals surface area contributed by atoms with Gasteiger partial charge in [-0.3, -0.25) is 0 Å². The molecule has 0 nitrogen and oxygen atoms in total. The Morgan fingerprint density at radius 3 is 1.85 bits per heavy atom. The van der Waals surface area contributed by atoms with E-state index in [1.165, 1.54) is 12.8 Å². The van der Waals surface area contributed by atoms with Crippen LogP contribution in [0.4, 0.5) is 0 Å². The SMILES string of the molecule is CC1CC2CC(C)(C1(C)C)C2(C)C. The maximum atomic E-state index is 2.51. The normalized spacial score (nSPS) is 51.2. The minimum absolute atomic E-state index is 0.533. The van der Waals surface area contributed by atoms with Crippen molar-refractivity contribution in [1.29, 1.82) is 0 Å². The summed E-state index contributed by atoms with van der Waals surface area (Å²) in [6.45, 7) is 14.9. The summed E-state index contributed by atoms with van der Waals surface area (Å²) < 4.78 is 0. The molecule has 76 valence electrons. The van der Waals surface area contributed by atoms with Crippen molar-refractivity contribution < 1.29 is 0 Å². The molecule has 0 heterocycles. The average molecular weight is 180 g/mol. The molecule has 3 rings (SSSR count). The predicted molar refractivity (Wildman–Crippen MR) is 57.6 cm³/mol. The van der Waals surface area contributed by atoms with Crippen LogP contribution >= 0.6 is 0 Å². The third-order valence-electron chi connectivity index (χ3n) is 6.39. The van der Waals surface area contributed by atoms with Gasteiger partial charge in [-0.1, -0.05) is 41.5 Å². The van der Waals surface area contributed by atoms with Gasteiger partial charge in [-0.05, 0) is 40.9 Å². The van der Waals surface area contributed by atoms with Gasteiger partial charge in [-0.2, -0.15) is 0 Å². The van der Waals surface area contributed by atoms with Crippen molar-refractivity contribution >= 4 is 0 Å². The number of hydrogen-bond acceptors (Lipinski definition) is 0. The molecule has 0 radical (unpaired) electrons. The van der Waals surface area contributed by atoms with E-state index in [0.29, 0.717) is 16.2 Å². The molecule has 0 amide bonds. The van der Waals surface area contributed by atoms with E-state index in [1.54, 1.807) is 0 Å². The van der Waals surface area contributed by atoms with E-state index in [1.807, 2.05) is 0 Å². The second-order valence-electron chi connectivity index (χ2n) is 6.81. The molecule has 3 aliphatic rings. The zero-order valence-corrected chi connectivity index (χ0v) is 10.1. The first-order valence-corrected chi connectivity index (χ1v) is 5.73. The highest BCUT2D eigenvalue weighted by molar-refractivity contribution is 5.16. The highest BCUT2D eigenvalue weighted by atomic mass is 14.7. The molecule has 3 fully saturated rings. The minimum atomic E-state index is 0.533. The molecule has 0 spiro atoms. The molecule has 0 N–H and O–H groups in total. The minimum Gasteiger partial charge on any atom is -0.0620 e. The van der Waals surface area contributed by atoms with E-state index in [4.69, 9.17) is 0 Å². The Morgan fingerprint density at radius 1 is 0.923 bits per heavy atom. The zero-order chi connectivity index (χ0) is 10.1. The van der Waals surface area contributed by atoms with Crippen LogP contribution in [-0.2, 0) is 0 Å². The highest BCUT2D eigenvalue weighted by Crippen LogP contribution is 2.75. The van der Waals surface area contributed by atoms with E-state index < -0.39 is 0 Å². The second kappa shape index (κ2) is 2.15. The molecule has 13 heavy (non-hydrogen) atoms. The summed E-state index contributed by atoms with van der Waals surface area (Å²) in [7, 11) is 0. The van der Waals surface area contributed by atoms with Gasteiger partial charge in [-0.25, -0.2) is 0 Å². The van der Waals surface area contributed by atoms with E-state index in [9.17, 15) is 0 Å². The Bertz CT molecular complexity index is 234. The lowest BCUT2D eigenvalue weighted by molar-refractivity contribution is -0.246. The third kappa shape index (κ3) is 0.789. The zero-order valence-electron chi connectivity index (χ0n) is 10.1. The van der Waals surface area contributed by atoms with Gasteiger partial charge in [0.25, 0.3) is 0 Å². The van der Waals surface area contributed by atoms with Crippen molar-refractivity contribution in [1.82, 2.24) is 0 Å². The van der Waals surface area contributed by atoms with E-state index in [2.05, 4.69) is 41.5 Å². The molecule has 3 atom stereocenters. The molecular weight excluding hydrogens is 156 g/mol. The Labute approximate surface area is 83.1 Å². The van der Waals surface area contributed by atoms with Crippen LogP contribution in [0.15, 0.2) is 0 Å². The summed E-state index contributed by atoms with van der Waals surface area (Å²) in [6, 6.07) is 0. The van der Waals surface area contributed by atoms with Crippen molar-refractivity contribution in [2.75, 3.05) is 0 Å². The topological polar surface area (TPSA) is 0 Å². The van der Waals surface area contributed by atoms with Crippen LogP contribution in [-0.4, -0.2) is 0 Å². The third-order valence-corrected chi connectivity index (χ3v) is 6.39. The van der Waals surface area contributed by atoms with E-state index >= 15 is 0 Å².